The molecule has 1 aromatic rings. The van der Waals surface area contributed by atoms with Gasteiger partial charge >= 0.3 is 0 Å². The van der Waals surface area contributed by atoms with Crippen molar-refractivity contribution in [2.24, 2.45) is 11.1 Å². The van der Waals surface area contributed by atoms with E-state index < -0.39 is 0 Å². The lowest BCUT2D eigenvalue weighted by Crippen LogP contribution is -2.32. The second-order valence-corrected chi connectivity index (χ2v) is 5.47. The molecule has 2 unspecified atom stereocenters. The molecule has 0 bridgehead atoms. The second-order valence-electron chi connectivity index (χ2n) is 5.47. The van der Waals surface area contributed by atoms with E-state index >= 15 is 0 Å². The Morgan fingerprint density at radius 2 is 2.29 bits per heavy atom. The number of benzene rings is 1. The Morgan fingerprint density at radius 1 is 1.53 bits per heavy atom. The lowest BCUT2D eigenvalue weighted by atomic mass is 9.90. The third-order valence-electron chi connectivity index (χ3n) is 3.96. The maximum Gasteiger partial charge on any atom is 0.123 e. The smallest absolute Gasteiger partial charge is 0.123 e. The summed E-state index contributed by atoms with van der Waals surface area (Å²) < 4.78 is 13.2. The standard InChI is InChI=1S/C14H21FN2/c1-11(12-4-3-5-13(15)8-12)17-7-6-14(2,9-16)10-17/h3-5,8,11H,6-7,9-10,16H2,1-2H3. The van der Waals surface area contributed by atoms with E-state index in [0.29, 0.717) is 0 Å². The Balaban J connectivity index is 2.09. The van der Waals surface area contributed by atoms with E-state index in [0.717, 1.165) is 31.6 Å². The molecule has 0 aromatic heterocycles. The first kappa shape index (κ1) is 12.5. The molecule has 1 aromatic carbocycles. The van der Waals surface area contributed by atoms with Gasteiger partial charge in [-0.1, -0.05) is 19.1 Å². The molecule has 2 atom stereocenters. The van der Waals surface area contributed by atoms with Gasteiger partial charge in [0.25, 0.3) is 0 Å². The van der Waals surface area contributed by atoms with Crippen molar-refractivity contribution in [3.05, 3.63) is 35.6 Å². The van der Waals surface area contributed by atoms with Crippen molar-refractivity contribution < 1.29 is 4.39 Å². The van der Waals surface area contributed by atoms with Crippen molar-refractivity contribution >= 4 is 0 Å². The van der Waals surface area contributed by atoms with Crippen LogP contribution in [0.3, 0.4) is 0 Å². The van der Waals surface area contributed by atoms with Gasteiger partial charge in [-0.3, -0.25) is 4.90 Å². The molecule has 1 heterocycles. The summed E-state index contributed by atoms with van der Waals surface area (Å²) in [5, 5.41) is 0. The fourth-order valence-corrected chi connectivity index (χ4v) is 2.54. The molecular weight excluding hydrogens is 215 g/mol. The molecule has 1 aliphatic rings. The van der Waals surface area contributed by atoms with Gasteiger partial charge in [-0.2, -0.15) is 0 Å². The van der Waals surface area contributed by atoms with Gasteiger partial charge in [0.05, 0.1) is 0 Å². The molecule has 0 radical (unpaired) electrons. The van der Waals surface area contributed by atoms with Crippen LogP contribution in [0.25, 0.3) is 0 Å². The monoisotopic (exact) mass is 236 g/mol. The molecule has 1 fully saturated rings. The van der Waals surface area contributed by atoms with E-state index in [1.54, 1.807) is 12.1 Å². The van der Waals surface area contributed by atoms with Crippen LogP contribution in [0.4, 0.5) is 4.39 Å². The minimum absolute atomic E-state index is 0.157. The number of rotatable bonds is 3. The van der Waals surface area contributed by atoms with Crippen molar-refractivity contribution in [2.45, 2.75) is 26.3 Å². The zero-order valence-corrected chi connectivity index (χ0v) is 10.6. The minimum Gasteiger partial charge on any atom is -0.330 e. The highest BCUT2D eigenvalue weighted by Gasteiger charge is 2.34. The van der Waals surface area contributed by atoms with Crippen molar-refractivity contribution in [2.75, 3.05) is 19.6 Å². The zero-order chi connectivity index (χ0) is 12.5. The first-order valence-corrected chi connectivity index (χ1v) is 6.24. The summed E-state index contributed by atoms with van der Waals surface area (Å²) in [4.78, 5) is 2.39. The molecule has 0 spiro atoms. The second kappa shape index (κ2) is 4.75. The first-order valence-electron chi connectivity index (χ1n) is 6.24. The van der Waals surface area contributed by atoms with E-state index in [1.165, 1.54) is 6.07 Å². The van der Waals surface area contributed by atoms with Gasteiger partial charge in [0, 0.05) is 12.6 Å². The number of likely N-dealkylation sites (tertiary alicyclic amines) is 1. The van der Waals surface area contributed by atoms with Crippen LogP contribution >= 0.6 is 0 Å². The van der Waals surface area contributed by atoms with Crippen LogP contribution in [-0.2, 0) is 0 Å². The Bertz CT molecular complexity index is 394. The lowest BCUT2D eigenvalue weighted by molar-refractivity contribution is 0.227. The summed E-state index contributed by atoms with van der Waals surface area (Å²) in [6.45, 7) is 7.13. The molecule has 0 amide bonds. The van der Waals surface area contributed by atoms with Gasteiger partial charge in [0.1, 0.15) is 5.82 Å². The third kappa shape index (κ3) is 2.67. The number of hydrogen-bond donors (Lipinski definition) is 1. The summed E-state index contributed by atoms with van der Waals surface area (Å²) in [6, 6.07) is 7.15. The highest BCUT2D eigenvalue weighted by Crippen LogP contribution is 2.34. The van der Waals surface area contributed by atoms with E-state index in [4.69, 9.17) is 5.73 Å². The van der Waals surface area contributed by atoms with Crippen LogP contribution in [0.15, 0.2) is 24.3 Å². The highest BCUT2D eigenvalue weighted by molar-refractivity contribution is 5.20. The number of hydrogen-bond acceptors (Lipinski definition) is 2. The van der Waals surface area contributed by atoms with E-state index in [9.17, 15) is 4.39 Å². The molecule has 3 heteroatoms. The molecule has 1 aliphatic heterocycles. The fraction of sp³-hybridized carbons (Fsp3) is 0.571. The summed E-state index contributed by atoms with van der Waals surface area (Å²) in [5.41, 5.74) is 7.08. The lowest BCUT2D eigenvalue weighted by Gasteiger charge is -2.27. The van der Waals surface area contributed by atoms with Crippen LogP contribution in [-0.4, -0.2) is 24.5 Å². The highest BCUT2D eigenvalue weighted by atomic mass is 19.1. The summed E-state index contributed by atoms with van der Waals surface area (Å²) in [7, 11) is 0. The maximum absolute atomic E-state index is 13.2. The van der Waals surface area contributed by atoms with Crippen LogP contribution in [0.2, 0.25) is 0 Å². The van der Waals surface area contributed by atoms with Crippen molar-refractivity contribution in [3.63, 3.8) is 0 Å². The Hall–Kier alpha value is -0.930. The normalized spacial score (nSPS) is 27.3. The third-order valence-corrected chi connectivity index (χ3v) is 3.96. The molecule has 0 aliphatic carbocycles. The fourth-order valence-electron chi connectivity index (χ4n) is 2.54. The van der Waals surface area contributed by atoms with Crippen LogP contribution < -0.4 is 5.73 Å². The largest absolute Gasteiger partial charge is 0.330 e. The maximum atomic E-state index is 13.2. The number of nitrogens with two attached hydrogens (primary N) is 1. The van der Waals surface area contributed by atoms with Crippen LogP contribution in [0.1, 0.15) is 31.9 Å². The van der Waals surface area contributed by atoms with Crippen molar-refractivity contribution in [1.29, 1.82) is 0 Å². The van der Waals surface area contributed by atoms with Crippen LogP contribution in [0, 0.1) is 11.2 Å². The molecule has 0 saturated carbocycles. The van der Waals surface area contributed by atoms with Crippen molar-refractivity contribution in [3.8, 4) is 0 Å². The molecule has 94 valence electrons. The Morgan fingerprint density at radius 3 is 2.88 bits per heavy atom. The summed E-state index contributed by atoms with van der Waals surface area (Å²) in [6.07, 6.45) is 1.13. The summed E-state index contributed by atoms with van der Waals surface area (Å²) >= 11 is 0. The topological polar surface area (TPSA) is 29.3 Å². The van der Waals surface area contributed by atoms with Crippen LogP contribution in [0.5, 0.6) is 0 Å². The predicted molar refractivity (Wildman–Crippen MR) is 68.2 cm³/mol. The van der Waals surface area contributed by atoms with E-state index in [-0.39, 0.29) is 17.3 Å². The minimum atomic E-state index is -0.157. The van der Waals surface area contributed by atoms with E-state index in [1.807, 2.05) is 6.07 Å². The number of halogens is 1. The average Bonchev–Trinajstić information content (AvgIpc) is 2.72. The van der Waals surface area contributed by atoms with Gasteiger partial charge in [-0.15, -0.1) is 0 Å². The molecule has 17 heavy (non-hydrogen) atoms. The zero-order valence-electron chi connectivity index (χ0n) is 10.6. The molecule has 1 saturated heterocycles. The average molecular weight is 236 g/mol. The number of nitrogens with zero attached hydrogens (tertiary/aromatic N) is 1. The first-order chi connectivity index (χ1) is 8.04. The Labute approximate surface area is 103 Å². The predicted octanol–water partition coefficient (Wildman–Crippen LogP) is 2.56. The van der Waals surface area contributed by atoms with Gasteiger partial charge in [-0.05, 0) is 49.5 Å². The van der Waals surface area contributed by atoms with Gasteiger partial charge in [0.2, 0.25) is 0 Å². The summed E-state index contributed by atoms with van der Waals surface area (Å²) in [5.74, 6) is -0.157. The van der Waals surface area contributed by atoms with Crippen molar-refractivity contribution in [1.82, 2.24) is 4.90 Å². The molecule has 2 N–H and O–H groups in total. The van der Waals surface area contributed by atoms with E-state index in [2.05, 4.69) is 18.7 Å². The molecule has 2 nitrogen and oxygen atoms in total. The van der Waals surface area contributed by atoms with Gasteiger partial charge < -0.3 is 5.73 Å². The Kier molecular flexibility index (Phi) is 3.50. The van der Waals surface area contributed by atoms with Gasteiger partial charge in [0.15, 0.2) is 0 Å². The quantitative estimate of drug-likeness (QED) is 0.874. The molecular formula is C14H21FN2. The van der Waals surface area contributed by atoms with Gasteiger partial charge in [-0.25, -0.2) is 4.39 Å². The SMILES string of the molecule is CC(c1cccc(F)c1)N1CCC(C)(CN)C1. The molecule has 2 rings (SSSR count).